The number of aromatic nitrogens is 2. The molecule has 2 rings (SSSR count). The largest absolute Gasteiger partial charge is 0.391 e. The molecular formula is C16H28N2O. The second kappa shape index (κ2) is 4.62. The fourth-order valence-electron chi connectivity index (χ4n) is 2.78. The van der Waals surface area contributed by atoms with Crippen LogP contribution >= 0.6 is 0 Å². The van der Waals surface area contributed by atoms with Gasteiger partial charge in [-0.1, -0.05) is 41.5 Å². The van der Waals surface area contributed by atoms with Crippen molar-refractivity contribution < 1.29 is 5.11 Å². The van der Waals surface area contributed by atoms with E-state index in [2.05, 4.69) is 52.3 Å². The summed E-state index contributed by atoms with van der Waals surface area (Å²) >= 11 is 0. The molecule has 1 saturated carbocycles. The summed E-state index contributed by atoms with van der Waals surface area (Å²) < 4.78 is 2.11. The highest BCUT2D eigenvalue weighted by Crippen LogP contribution is 2.36. The summed E-state index contributed by atoms with van der Waals surface area (Å²) in [5.41, 5.74) is 2.47. The minimum atomic E-state index is -0.242. The van der Waals surface area contributed by atoms with Crippen molar-refractivity contribution >= 4 is 0 Å². The highest BCUT2D eigenvalue weighted by molar-refractivity contribution is 5.23. The van der Waals surface area contributed by atoms with E-state index < -0.39 is 0 Å². The summed E-state index contributed by atoms with van der Waals surface area (Å²) in [7, 11) is 0. The Balaban J connectivity index is 2.49. The van der Waals surface area contributed by atoms with Gasteiger partial charge in [-0.25, -0.2) is 0 Å². The van der Waals surface area contributed by atoms with Crippen LogP contribution in [-0.2, 0) is 10.8 Å². The zero-order valence-electron chi connectivity index (χ0n) is 13.2. The van der Waals surface area contributed by atoms with Gasteiger partial charge in [0, 0.05) is 16.5 Å². The first-order valence-electron chi connectivity index (χ1n) is 7.39. The van der Waals surface area contributed by atoms with Gasteiger partial charge in [0.25, 0.3) is 0 Å². The molecule has 0 saturated heterocycles. The van der Waals surface area contributed by atoms with E-state index in [4.69, 9.17) is 5.10 Å². The van der Waals surface area contributed by atoms with Gasteiger partial charge in [0.15, 0.2) is 0 Å². The molecular weight excluding hydrogens is 236 g/mol. The molecule has 1 aliphatic carbocycles. The molecule has 1 N–H and O–H groups in total. The van der Waals surface area contributed by atoms with Gasteiger partial charge in [-0.2, -0.15) is 5.10 Å². The fraction of sp³-hybridized carbons (Fsp3) is 0.812. The molecule has 1 aliphatic rings. The van der Waals surface area contributed by atoms with Gasteiger partial charge in [-0.15, -0.1) is 0 Å². The number of nitrogens with zero attached hydrogens (tertiary/aromatic N) is 2. The Hall–Kier alpha value is -0.830. The Morgan fingerprint density at radius 2 is 1.74 bits per heavy atom. The maximum absolute atomic E-state index is 10.2. The van der Waals surface area contributed by atoms with Crippen LogP contribution < -0.4 is 0 Å². The lowest BCUT2D eigenvalue weighted by Crippen LogP contribution is -2.26. The van der Waals surface area contributed by atoms with Crippen LogP contribution in [0.5, 0.6) is 0 Å². The Kier molecular flexibility index (Phi) is 3.54. The number of rotatable bonds is 1. The molecule has 19 heavy (non-hydrogen) atoms. The van der Waals surface area contributed by atoms with Crippen LogP contribution in [0.25, 0.3) is 0 Å². The third kappa shape index (κ3) is 2.86. The monoisotopic (exact) mass is 264 g/mol. The summed E-state index contributed by atoms with van der Waals surface area (Å²) in [5, 5.41) is 15.0. The zero-order valence-corrected chi connectivity index (χ0v) is 13.2. The van der Waals surface area contributed by atoms with E-state index >= 15 is 0 Å². The lowest BCUT2D eigenvalue weighted by atomic mass is 9.87. The molecule has 0 aliphatic heterocycles. The molecule has 0 bridgehead atoms. The molecule has 1 aromatic heterocycles. The lowest BCUT2D eigenvalue weighted by molar-refractivity contribution is 0.126. The van der Waals surface area contributed by atoms with Gasteiger partial charge in [0.05, 0.1) is 17.8 Å². The maximum atomic E-state index is 10.2. The van der Waals surface area contributed by atoms with Gasteiger partial charge in [0.2, 0.25) is 0 Å². The van der Waals surface area contributed by atoms with Gasteiger partial charge < -0.3 is 5.11 Å². The average molecular weight is 264 g/mol. The van der Waals surface area contributed by atoms with Crippen molar-refractivity contribution in [2.45, 2.75) is 83.8 Å². The van der Waals surface area contributed by atoms with Crippen LogP contribution in [0.15, 0.2) is 6.07 Å². The van der Waals surface area contributed by atoms with Crippen LogP contribution in [0.1, 0.15) is 78.2 Å². The van der Waals surface area contributed by atoms with E-state index in [1.165, 1.54) is 5.69 Å². The van der Waals surface area contributed by atoms with Gasteiger partial charge in [-0.3, -0.25) is 4.68 Å². The molecule has 108 valence electrons. The number of aliphatic hydroxyl groups excluding tert-OH is 1. The Bertz CT molecular complexity index is 448. The Labute approximate surface area is 117 Å². The van der Waals surface area contributed by atoms with E-state index in [9.17, 15) is 5.11 Å². The number of hydrogen-bond donors (Lipinski definition) is 1. The van der Waals surface area contributed by atoms with Crippen LogP contribution in [0, 0.1) is 0 Å². The predicted molar refractivity (Wildman–Crippen MR) is 78.5 cm³/mol. The SMILES string of the molecule is CC(C)(C)c1cc(C(C)(C)C)n(C2CCCC2O)n1. The average Bonchev–Trinajstić information content (AvgIpc) is 2.79. The Morgan fingerprint density at radius 1 is 1.11 bits per heavy atom. The first-order chi connectivity index (χ1) is 8.60. The molecule has 1 aromatic rings. The van der Waals surface area contributed by atoms with Crippen molar-refractivity contribution in [3.05, 3.63) is 17.5 Å². The first kappa shape index (κ1) is 14.6. The molecule has 0 amide bonds. The van der Waals surface area contributed by atoms with E-state index in [-0.39, 0.29) is 23.0 Å². The number of hydrogen-bond acceptors (Lipinski definition) is 2. The summed E-state index contributed by atoms with van der Waals surface area (Å²) in [5.74, 6) is 0. The third-order valence-corrected chi connectivity index (χ3v) is 4.03. The van der Waals surface area contributed by atoms with E-state index in [0.717, 1.165) is 25.0 Å². The summed E-state index contributed by atoms with van der Waals surface area (Å²) in [6, 6.07) is 2.38. The Morgan fingerprint density at radius 3 is 2.16 bits per heavy atom. The molecule has 3 nitrogen and oxygen atoms in total. The second-order valence-electron chi connectivity index (χ2n) is 7.92. The molecule has 1 fully saturated rings. The molecule has 0 aromatic carbocycles. The third-order valence-electron chi connectivity index (χ3n) is 4.03. The molecule has 1 heterocycles. The van der Waals surface area contributed by atoms with Crippen molar-refractivity contribution in [3.63, 3.8) is 0 Å². The van der Waals surface area contributed by atoms with Crippen LogP contribution in [0.2, 0.25) is 0 Å². The van der Waals surface area contributed by atoms with Gasteiger partial charge in [-0.05, 0) is 25.3 Å². The minimum absolute atomic E-state index is 0.0504. The lowest BCUT2D eigenvalue weighted by Gasteiger charge is -2.25. The maximum Gasteiger partial charge on any atom is 0.0781 e. The molecule has 0 spiro atoms. The molecule has 3 heteroatoms. The van der Waals surface area contributed by atoms with Crippen molar-refractivity contribution in [1.29, 1.82) is 0 Å². The van der Waals surface area contributed by atoms with Crippen LogP contribution in [0.4, 0.5) is 0 Å². The standard InChI is InChI=1S/C16H28N2O/c1-15(2,3)13-10-14(16(4,5)6)18(17-13)11-8-7-9-12(11)19/h10-12,19H,7-9H2,1-6H3. The summed E-state index contributed by atoms with van der Waals surface area (Å²) in [4.78, 5) is 0. The summed E-state index contributed by atoms with van der Waals surface area (Å²) in [6.45, 7) is 13.2. The first-order valence-corrected chi connectivity index (χ1v) is 7.39. The van der Waals surface area contributed by atoms with E-state index in [1.807, 2.05) is 0 Å². The van der Waals surface area contributed by atoms with Crippen molar-refractivity contribution in [2.24, 2.45) is 0 Å². The highest BCUT2D eigenvalue weighted by Gasteiger charge is 2.33. The smallest absolute Gasteiger partial charge is 0.0781 e. The van der Waals surface area contributed by atoms with Gasteiger partial charge in [0.1, 0.15) is 0 Å². The highest BCUT2D eigenvalue weighted by atomic mass is 16.3. The minimum Gasteiger partial charge on any atom is -0.391 e. The van der Waals surface area contributed by atoms with Crippen molar-refractivity contribution in [2.75, 3.05) is 0 Å². The zero-order chi connectivity index (χ0) is 14.4. The van der Waals surface area contributed by atoms with Gasteiger partial charge >= 0.3 is 0 Å². The quantitative estimate of drug-likeness (QED) is 0.842. The number of aliphatic hydroxyl groups is 1. The van der Waals surface area contributed by atoms with Crippen LogP contribution in [-0.4, -0.2) is 21.0 Å². The molecule has 2 unspecified atom stereocenters. The van der Waals surface area contributed by atoms with Crippen molar-refractivity contribution in [1.82, 2.24) is 9.78 Å². The normalized spacial score (nSPS) is 25.0. The molecule has 2 atom stereocenters. The molecule has 0 radical (unpaired) electrons. The van der Waals surface area contributed by atoms with E-state index in [1.54, 1.807) is 0 Å². The van der Waals surface area contributed by atoms with E-state index in [0.29, 0.717) is 0 Å². The van der Waals surface area contributed by atoms with Crippen LogP contribution in [0.3, 0.4) is 0 Å². The fourth-order valence-corrected chi connectivity index (χ4v) is 2.78. The predicted octanol–water partition coefficient (Wildman–Crippen LogP) is 3.56. The summed E-state index contributed by atoms with van der Waals surface area (Å²) in [6.07, 6.45) is 2.79. The second-order valence-corrected chi connectivity index (χ2v) is 7.92. The van der Waals surface area contributed by atoms with Crippen molar-refractivity contribution in [3.8, 4) is 0 Å². The topological polar surface area (TPSA) is 38.0 Å².